The Morgan fingerprint density at radius 3 is 2.29 bits per heavy atom. The Labute approximate surface area is 188 Å². The summed E-state index contributed by atoms with van der Waals surface area (Å²) < 4.78 is 20.4. The van der Waals surface area contributed by atoms with Crippen molar-refractivity contribution >= 4 is 23.3 Å². The third-order valence-electron chi connectivity index (χ3n) is 6.09. The minimum absolute atomic E-state index is 0.000255. The summed E-state index contributed by atoms with van der Waals surface area (Å²) in [5.41, 5.74) is 1.46. The monoisotopic (exact) mass is 445 g/mol. The lowest BCUT2D eigenvalue weighted by atomic mass is 10.0. The maximum absolute atomic E-state index is 14.0. The van der Waals surface area contributed by atoms with Crippen molar-refractivity contribution in [2.45, 2.75) is 44.4 Å². The predicted molar refractivity (Wildman–Crippen MR) is 121 cm³/mol. The number of ether oxygens (including phenoxy) is 1. The van der Waals surface area contributed by atoms with Crippen molar-refractivity contribution < 1.29 is 13.9 Å². The van der Waals surface area contributed by atoms with Gasteiger partial charge >= 0.3 is 6.03 Å². The highest BCUT2D eigenvalue weighted by Crippen LogP contribution is 2.24. The molecule has 0 atom stereocenters. The highest BCUT2D eigenvalue weighted by Gasteiger charge is 2.28. The van der Waals surface area contributed by atoms with Crippen LogP contribution < -0.4 is 5.32 Å². The number of halogens is 2. The van der Waals surface area contributed by atoms with E-state index in [0.29, 0.717) is 13.1 Å². The molecule has 5 nitrogen and oxygen atoms in total. The maximum Gasteiger partial charge on any atom is 0.321 e. The van der Waals surface area contributed by atoms with E-state index in [2.05, 4.69) is 34.5 Å². The van der Waals surface area contributed by atoms with Crippen LogP contribution >= 0.6 is 11.6 Å². The predicted octanol–water partition coefficient (Wildman–Crippen LogP) is 5.16. The molecule has 1 N–H and O–H groups in total. The average Bonchev–Trinajstić information content (AvgIpc) is 2.79. The summed E-state index contributed by atoms with van der Waals surface area (Å²) in [6.45, 7) is 4.30. The number of rotatable bonds is 5. The number of benzene rings is 2. The van der Waals surface area contributed by atoms with E-state index in [0.717, 1.165) is 45.3 Å². The lowest BCUT2D eigenvalue weighted by Crippen LogP contribution is -2.45. The number of amides is 2. The summed E-state index contributed by atoms with van der Waals surface area (Å²) in [7, 11) is 0. The van der Waals surface area contributed by atoms with E-state index in [4.69, 9.17) is 16.3 Å². The molecule has 166 valence electrons. The fourth-order valence-corrected chi connectivity index (χ4v) is 4.48. The number of urea groups is 1. The second-order valence-electron chi connectivity index (χ2n) is 8.32. The molecule has 7 heteroatoms. The molecule has 0 aromatic heterocycles. The maximum atomic E-state index is 14.0. The van der Waals surface area contributed by atoms with E-state index in [1.54, 1.807) is 11.0 Å². The van der Waals surface area contributed by atoms with Crippen LogP contribution in [-0.2, 0) is 11.3 Å². The topological polar surface area (TPSA) is 44.8 Å². The fourth-order valence-electron chi connectivity index (χ4n) is 4.31. The molecule has 2 aliphatic heterocycles. The Morgan fingerprint density at radius 2 is 1.61 bits per heavy atom. The molecule has 31 heavy (non-hydrogen) atoms. The fraction of sp³-hybridized carbons (Fsp3) is 0.458. The number of hydrogen-bond acceptors (Lipinski definition) is 3. The number of nitrogens with one attached hydrogen (secondary N) is 1. The standard InChI is InChI=1S/C24H29ClFN3O2/c25-21-7-4-8-22(23(21)26)27-24(30)29-15-11-20(12-16-29)31-19-9-13-28(14-10-19)17-18-5-2-1-3-6-18/h1-8,19-20H,9-17H2,(H,27,30). The van der Waals surface area contributed by atoms with Crippen LogP contribution in [0.25, 0.3) is 0 Å². The van der Waals surface area contributed by atoms with Crippen LogP contribution in [0.15, 0.2) is 48.5 Å². The zero-order valence-electron chi connectivity index (χ0n) is 17.6. The first-order valence-electron chi connectivity index (χ1n) is 11.0. The molecule has 2 heterocycles. The number of piperidine rings is 2. The SMILES string of the molecule is O=C(Nc1cccc(Cl)c1F)N1CCC(OC2CCN(Cc3ccccc3)CC2)CC1. The molecule has 0 bridgehead atoms. The minimum atomic E-state index is -0.602. The van der Waals surface area contributed by atoms with Gasteiger partial charge in [-0.25, -0.2) is 9.18 Å². The van der Waals surface area contributed by atoms with Crippen LogP contribution in [-0.4, -0.2) is 54.2 Å². The number of anilines is 1. The van der Waals surface area contributed by atoms with Gasteiger partial charge in [-0.05, 0) is 43.4 Å². The molecule has 4 rings (SSSR count). The molecule has 2 aliphatic rings. The van der Waals surface area contributed by atoms with Gasteiger partial charge in [-0.1, -0.05) is 48.0 Å². The van der Waals surface area contributed by atoms with Crippen molar-refractivity contribution in [3.63, 3.8) is 0 Å². The van der Waals surface area contributed by atoms with Gasteiger partial charge in [-0.3, -0.25) is 4.90 Å². The zero-order chi connectivity index (χ0) is 21.6. The van der Waals surface area contributed by atoms with Crippen LogP contribution in [0, 0.1) is 5.82 Å². The molecule has 0 saturated carbocycles. The van der Waals surface area contributed by atoms with Crippen molar-refractivity contribution in [3.05, 3.63) is 64.9 Å². The highest BCUT2D eigenvalue weighted by atomic mass is 35.5. The summed E-state index contributed by atoms with van der Waals surface area (Å²) in [6, 6.07) is 14.9. The molecule has 2 fully saturated rings. The molecule has 2 aromatic carbocycles. The molecular weight excluding hydrogens is 417 g/mol. The van der Waals surface area contributed by atoms with E-state index in [-0.39, 0.29) is 28.9 Å². The number of carbonyl (C=O) groups is 1. The molecular formula is C24H29ClFN3O2. The van der Waals surface area contributed by atoms with Crippen LogP contribution in [0.3, 0.4) is 0 Å². The summed E-state index contributed by atoms with van der Waals surface area (Å²) >= 11 is 5.78. The van der Waals surface area contributed by atoms with Gasteiger partial charge in [-0.2, -0.15) is 0 Å². The van der Waals surface area contributed by atoms with Crippen LogP contribution in [0.2, 0.25) is 5.02 Å². The van der Waals surface area contributed by atoms with Gasteiger partial charge in [0.2, 0.25) is 0 Å². The van der Waals surface area contributed by atoms with E-state index < -0.39 is 5.82 Å². The van der Waals surface area contributed by atoms with Crippen molar-refractivity contribution in [1.82, 2.24) is 9.80 Å². The Kier molecular flexibility index (Phi) is 7.43. The third-order valence-corrected chi connectivity index (χ3v) is 6.38. The number of hydrogen-bond donors (Lipinski definition) is 1. The van der Waals surface area contributed by atoms with E-state index in [1.165, 1.54) is 17.7 Å². The Balaban J connectivity index is 1.18. The number of carbonyl (C=O) groups excluding carboxylic acids is 1. The Hall–Kier alpha value is -2.15. The minimum Gasteiger partial charge on any atom is -0.375 e. The summed E-state index contributed by atoms with van der Waals surface area (Å²) in [6.07, 6.45) is 4.16. The molecule has 2 aromatic rings. The van der Waals surface area contributed by atoms with Gasteiger partial charge in [-0.15, -0.1) is 0 Å². The van der Waals surface area contributed by atoms with Crippen LogP contribution in [0.5, 0.6) is 0 Å². The van der Waals surface area contributed by atoms with Crippen molar-refractivity contribution in [1.29, 1.82) is 0 Å². The van der Waals surface area contributed by atoms with E-state index in [1.807, 2.05) is 6.07 Å². The Bertz CT molecular complexity index is 866. The molecule has 0 radical (unpaired) electrons. The van der Waals surface area contributed by atoms with Gasteiger partial charge in [0.1, 0.15) is 0 Å². The van der Waals surface area contributed by atoms with Crippen molar-refractivity contribution in [2.24, 2.45) is 0 Å². The van der Waals surface area contributed by atoms with Gasteiger partial charge in [0, 0.05) is 32.7 Å². The number of nitrogens with zero attached hydrogens (tertiary/aromatic N) is 2. The van der Waals surface area contributed by atoms with Gasteiger partial charge < -0.3 is 15.0 Å². The first kappa shape index (κ1) is 22.1. The van der Waals surface area contributed by atoms with E-state index in [9.17, 15) is 9.18 Å². The first-order chi connectivity index (χ1) is 15.1. The zero-order valence-corrected chi connectivity index (χ0v) is 18.4. The molecule has 0 aliphatic carbocycles. The van der Waals surface area contributed by atoms with Crippen LogP contribution in [0.4, 0.5) is 14.9 Å². The highest BCUT2D eigenvalue weighted by molar-refractivity contribution is 6.31. The third kappa shape index (κ3) is 5.97. The quantitative estimate of drug-likeness (QED) is 0.691. The number of likely N-dealkylation sites (tertiary alicyclic amines) is 2. The Morgan fingerprint density at radius 1 is 0.968 bits per heavy atom. The largest absolute Gasteiger partial charge is 0.375 e. The summed E-state index contributed by atoms with van der Waals surface area (Å²) in [5, 5.41) is 2.62. The molecule has 0 unspecified atom stereocenters. The molecule has 2 amide bonds. The first-order valence-corrected chi connectivity index (χ1v) is 11.4. The normalized spacial score (nSPS) is 18.8. The van der Waals surface area contributed by atoms with Gasteiger partial charge in [0.25, 0.3) is 0 Å². The van der Waals surface area contributed by atoms with E-state index >= 15 is 0 Å². The molecule has 0 spiro atoms. The second kappa shape index (κ2) is 10.4. The smallest absolute Gasteiger partial charge is 0.321 e. The lowest BCUT2D eigenvalue weighted by Gasteiger charge is -2.37. The van der Waals surface area contributed by atoms with Crippen molar-refractivity contribution in [2.75, 3.05) is 31.5 Å². The van der Waals surface area contributed by atoms with Crippen LogP contribution in [0.1, 0.15) is 31.2 Å². The summed E-state index contributed by atoms with van der Waals surface area (Å²) in [4.78, 5) is 16.7. The summed E-state index contributed by atoms with van der Waals surface area (Å²) in [5.74, 6) is -0.602. The van der Waals surface area contributed by atoms with Crippen molar-refractivity contribution in [3.8, 4) is 0 Å². The van der Waals surface area contributed by atoms with Gasteiger partial charge in [0.15, 0.2) is 5.82 Å². The lowest BCUT2D eigenvalue weighted by molar-refractivity contribution is -0.0616. The second-order valence-corrected chi connectivity index (χ2v) is 8.72. The van der Waals surface area contributed by atoms with Gasteiger partial charge in [0.05, 0.1) is 22.9 Å². The molecule has 2 saturated heterocycles. The average molecular weight is 446 g/mol.